The van der Waals surface area contributed by atoms with Gasteiger partial charge in [-0.3, -0.25) is 4.79 Å². The molecule has 0 spiro atoms. The third kappa shape index (κ3) is 2.04. The summed E-state index contributed by atoms with van der Waals surface area (Å²) in [5.41, 5.74) is -0.845. The van der Waals surface area contributed by atoms with Crippen molar-refractivity contribution in [2.45, 2.75) is 32.1 Å². The number of carbonyl (C=O) groups is 1. The normalized spacial score (nSPS) is 18.7. The Balaban J connectivity index is 2.10. The van der Waals surface area contributed by atoms with Gasteiger partial charge in [-0.25, -0.2) is 0 Å². The minimum atomic E-state index is -0.845. The molecule has 1 aromatic heterocycles. The van der Waals surface area contributed by atoms with Crippen molar-refractivity contribution in [1.82, 2.24) is 9.59 Å². The van der Waals surface area contributed by atoms with E-state index in [9.17, 15) is 10.1 Å². The Morgan fingerprint density at radius 2 is 2.25 bits per heavy atom. The predicted octanol–water partition coefficient (Wildman–Crippen LogP) is 1.95. The first-order valence-electron chi connectivity index (χ1n) is 5.27. The van der Waals surface area contributed by atoms with Gasteiger partial charge in [0, 0.05) is 11.5 Å². The predicted molar refractivity (Wildman–Crippen MR) is 59.7 cm³/mol. The SMILES string of the molecule is N#CC1(C(=O)Nc2cnns2)CCCCC1. The summed E-state index contributed by atoms with van der Waals surface area (Å²) in [5, 5.41) is 16.2. The van der Waals surface area contributed by atoms with Crippen LogP contribution in [-0.2, 0) is 4.79 Å². The lowest BCUT2D eigenvalue weighted by atomic mass is 9.74. The van der Waals surface area contributed by atoms with Crippen molar-refractivity contribution in [3.63, 3.8) is 0 Å². The quantitative estimate of drug-likeness (QED) is 0.851. The Hall–Kier alpha value is -1.48. The van der Waals surface area contributed by atoms with E-state index in [1.165, 1.54) is 6.20 Å². The molecule has 1 N–H and O–H groups in total. The van der Waals surface area contributed by atoms with Crippen LogP contribution in [0.25, 0.3) is 0 Å². The van der Waals surface area contributed by atoms with Crippen LogP contribution in [0.5, 0.6) is 0 Å². The van der Waals surface area contributed by atoms with Gasteiger partial charge in [-0.2, -0.15) is 5.26 Å². The molecule has 2 rings (SSSR count). The van der Waals surface area contributed by atoms with Crippen LogP contribution in [0.1, 0.15) is 32.1 Å². The van der Waals surface area contributed by atoms with Gasteiger partial charge in [-0.05, 0) is 12.8 Å². The third-order valence-corrected chi connectivity index (χ3v) is 3.53. The molecule has 6 heteroatoms. The monoisotopic (exact) mass is 236 g/mol. The number of nitrogens with one attached hydrogen (secondary N) is 1. The topological polar surface area (TPSA) is 78.7 Å². The second-order valence-electron chi connectivity index (χ2n) is 3.99. The largest absolute Gasteiger partial charge is 0.314 e. The minimum Gasteiger partial charge on any atom is -0.314 e. The van der Waals surface area contributed by atoms with E-state index in [1.807, 2.05) is 0 Å². The van der Waals surface area contributed by atoms with Crippen molar-refractivity contribution in [3.05, 3.63) is 6.20 Å². The molecule has 1 amide bonds. The molecule has 1 aliphatic rings. The molecule has 0 bridgehead atoms. The van der Waals surface area contributed by atoms with Gasteiger partial charge in [-0.1, -0.05) is 23.8 Å². The zero-order valence-electron chi connectivity index (χ0n) is 8.77. The van der Waals surface area contributed by atoms with E-state index in [2.05, 4.69) is 21.0 Å². The molecule has 1 aliphatic carbocycles. The summed E-state index contributed by atoms with van der Waals surface area (Å²) in [7, 11) is 0. The summed E-state index contributed by atoms with van der Waals surface area (Å²) < 4.78 is 3.66. The van der Waals surface area contributed by atoms with E-state index in [0.717, 1.165) is 30.8 Å². The van der Waals surface area contributed by atoms with Crippen molar-refractivity contribution < 1.29 is 4.79 Å². The van der Waals surface area contributed by atoms with Gasteiger partial charge >= 0.3 is 0 Å². The third-order valence-electron chi connectivity index (χ3n) is 2.95. The molecular formula is C10H12N4OS. The van der Waals surface area contributed by atoms with Gasteiger partial charge < -0.3 is 5.32 Å². The smallest absolute Gasteiger partial charge is 0.245 e. The van der Waals surface area contributed by atoms with Crippen LogP contribution >= 0.6 is 11.5 Å². The standard InChI is InChI=1S/C10H12N4OS/c11-7-10(4-2-1-3-5-10)9(15)13-8-6-12-14-16-8/h6H,1-5H2,(H,13,15). The van der Waals surface area contributed by atoms with Crippen molar-refractivity contribution >= 4 is 22.4 Å². The van der Waals surface area contributed by atoms with Crippen LogP contribution in [0.3, 0.4) is 0 Å². The summed E-state index contributed by atoms with van der Waals surface area (Å²) in [4.78, 5) is 12.0. The van der Waals surface area contributed by atoms with E-state index in [0.29, 0.717) is 17.8 Å². The fourth-order valence-corrected chi connectivity index (χ4v) is 2.41. The van der Waals surface area contributed by atoms with Gasteiger partial charge in [0.15, 0.2) is 0 Å². The van der Waals surface area contributed by atoms with E-state index in [1.54, 1.807) is 0 Å². The number of anilines is 1. The number of hydrogen-bond donors (Lipinski definition) is 1. The Labute approximate surface area is 97.6 Å². The number of carbonyl (C=O) groups excluding carboxylic acids is 1. The second-order valence-corrected chi connectivity index (χ2v) is 4.78. The fourth-order valence-electron chi connectivity index (χ4n) is 2.00. The van der Waals surface area contributed by atoms with Crippen molar-refractivity contribution in [2.24, 2.45) is 5.41 Å². The van der Waals surface area contributed by atoms with Crippen molar-refractivity contribution in [2.75, 3.05) is 5.32 Å². The molecule has 1 heterocycles. The highest BCUT2D eigenvalue weighted by molar-refractivity contribution is 7.10. The van der Waals surface area contributed by atoms with Crippen LogP contribution in [-0.4, -0.2) is 15.5 Å². The molecule has 0 saturated heterocycles. The highest BCUT2D eigenvalue weighted by Crippen LogP contribution is 2.36. The molecule has 0 atom stereocenters. The molecule has 1 aromatic rings. The zero-order chi connectivity index (χ0) is 11.4. The summed E-state index contributed by atoms with van der Waals surface area (Å²) in [5.74, 6) is -0.208. The Kier molecular flexibility index (Phi) is 3.15. The van der Waals surface area contributed by atoms with E-state index < -0.39 is 5.41 Å². The van der Waals surface area contributed by atoms with Gasteiger partial charge in [-0.15, -0.1) is 5.10 Å². The van der Waals surface area contributed by atoms with E-state index in [4.69, 9.17) is 0 Å². The summed E-state index contributed by atoms with van der Waals surface area (Å²) in [6.07, 6.45) is 5.81. The maximum absolute atomic E-state index is 12.0. The number of hydrogen-bond acceptors (Lipinski definition) is 5. The fraction of sp³-hybridized carbons (Fsp3) is 0.600. The number of aromatic nitrogens is 2. The van der Waals surface area contributed by atoms with Gasteiger partial charge in [0.1, 0.15) is 10.4 Å². The molecule has 0 unspecified atom stereocenters. The average Bonchev–Trinajstić information content (AvgIpc) is 2.82. The maximum atomic E-state index is 12.0. The average molecular weight is 236 g/mol. The Bertz CT molecular complexity index is 403. The first-order chi connectivity index (χ1) is 7.77. The molecule has 0 aromatic carbocycles. The highest BCUT2D eigenvalue weighted by Gasteiger charge is 2.39. The zero-order valence-corrected chi connectivity index (χ0v) is 9.59. The molecule has 1 saturated carbocycles. The summed E-state index contributed by atoms with van der Waals surface area (Å²) in [6.45, 7) is 0. The molecular weight excluding hydrogens is 224 g/mol. The van der Waals surface area contributed by atoms with E-state index >= 15 is 0 Å². The van der Waals surface area contributed by atoms with Crippen LogP contribution in [0, 0.1) is 16.7 Å². The van der Waals surface area contributed by atoms with Crippen molar-refractivity contribution in [1.29, 1.82) is 5.26 Å². The van der Waals surface area contributed by atoms with Crippen LogP contribution in [0.2, 0.25) is 0 Å². The van der Waals surface area contributed by atoms with Crippen LogP contribution < -0.4 is 5.32 Å². The Morgan fingerprint density at radius 1 is 1.50 bits per heavy atom. The summed E-state index contributed by atoms with van der Waals surface area (Å²) >= 11 is 1.12. The number of rotatable bonds is 2. The van der Waals surface area contributed by atoms with Crippen LogP contribution in [0.4, 0.5) is 5.00 Å². The van der Waals surface area contributed by atoms with Gasteiger partial charge in [0.2, 0.25) is 5.91 Å². The number of nitrogens with zero attached hydrogens (tertiary/aromatic N) is 3. The lowest BCUT2D eigenvalue weighted by Gasteiger charge is -2.28. The molecule has 1 fully saturated rings. The second kappa shape index (κ2) is 4.58. The lowest BCUT2D eigenvalue weighted by molar-refractivity contribution is -0.124. The number of nitriles is 1. The van der Waals surface area contributed by atoms with Crippen LogP contribution in [0.15, 0.2) is 6.20 Å². The maximum Gasteiger partial charge on any atom is 0.245 e. The molecule has 0 aliphatic heterocycles. The van der Waals surface area contributed by atoms with Gasteiger partial charge in [0.25, 0.3) is 0 Å². The highest BCUT2D eigenvalue weighted by atomic mass is 32.1. The first kappa shape index (κ1) is 11.0. The molecule has 5 nitrogen and oxygen atoms in total. The van der Waals surface area contributed by atoms with Crippen molar-refractivity contribution in [3.8, 4) is 6.07 Å². The molecule has 84 valence electrons. The van der Waals surface area contributed by atoms with Gasteiger partial charge in [0.05, 0.1) is 12.3 Å². The molecule has 0 radical (unpaired) electrons. The number of amides is 1. The Morgan fingerprint density at radius 3 is 2.81 bits per heavy atom. The van der Waals surface area contributed by atoms with E-state index in [-0.39, 0.29) is 5.91 Å². The summed E-state index contributed by atoms with van der Waals surface area (Å²) in [6, 6.07) is 2.18. The first-order valence-corrected chi connectivity index (χ1v) is 6.04. The lowest BCUT2D eigenvalue weighted by Crippen LogP contribution is -2.36. The molecule has 16 heavy (non-hydrogen) atoms. The minimum absolute atomic E-state index is 0.208.